The molecule has 3 aromatic heterocycles. The fourth-order valence-corrected chi connectivity index (χ4v) is 6.49. The maximum Gasteiger partial charge on any atom is 0.338 e. The lowest BCUT2D eigenvalue weighted by Crippen LogP contribution is -2.13. The Hall–Kier alpha value is -3.74. The molecule has 0 bridgehead atoms. The fourth-order valence-electron chi connectivity index (χ4n) is 5.47. The molecule has 43 heavy (non-hydrogen) atoms. The smallest absolute Gasteiger partial charge is 0.338 e. The lowest BCUT2D eigenvalue weighted by molar-refractivity contribution is 0.0693. The second kappa shape index (κ2) is 12.5. The Labute approximate surface area is 268 Å². The van der Waals surface area contributed by atoms with Gasteiger partial charge in [0, 0.05) is 46.1 Å². The number of hydrogen-bond donors (Lipinski definition) is 1. The zero-order valence-electron chi connectivity index (χ0n) is 23.5. The van der Waals surface area contributed by atoms with Gasteiger partial charge in [0.15, 0.2) is 5.78 Å². The number of hydrogen-bond acceptors (Lipinski definition) is 2. The van der Waals surface area contributed by atoms with Gasteiger partial charge in [0.1, 0.15) is 0 Å². The third-order valence-electron chi connectivity index (χ3n) is 7.50. The van der Waals surface area contributed by atoms with Crippen molar-refractivity contribution >= 4 is 74.6 Å². The van der Waals surface area contributed by atoms with E-state index < -0.39 is 17.3 Å². The summed E-state index contributed by atoms with van der Waals surface area (Å²) in [6, 6.07) is 26.4. The van der Waals surface area contributed by atoms with Crippen molar-refractivity contribution in [2.45, 2.75) is 27.3 Å². The molecular weight excluding hydrogens is 626 g/mol. The summed E-state index contributed by atoms with van der Waals surface area (Å²) in [4.78, 5) is 25.3. The summed E-state index contributed by atoms with van der Waals surface area (Å²) in [5.74, 6) is -1.99. The Balaban J connectivity index is 0.000000194. The molecule has 0 spiro atoms. The molecule has 3 heterocycles. The number of pyridine rings is 1. The number of carboxylic acid groups (broad SMARTS) is 1. The second-order valence-electron chi connectivity index (χ2n) is 9.87. The number of carboxylic acids is 1. The number of rotatable bonds is 5. The molecule has 0 amide bonds. The van der Waals surface area contributed by atoms with Crippen LogP contribution < -0.4 is 0 Å². The molecule has 0 radical (unpaired) electrons. The molecule has 0 aliphatic rings. The van der Waals surface area contributed by atoms with Gasteiger partial charge in [-0.1, -0.05) is 101 Å². The highest BCUT2D eigenvalue weighted by molar-refractivity contribution is 6.54. The van der Waals surface area contributed by atoms with E-state index in [-0.39, 0.29) is 25.7 Å². The van der Waals surface area contributed by atoms with Crippen LogP contribution in [0.3, 0.4) is 0 Å². The van der Waals surface area contributed by atoms with E-state index in [9.17, 15) is 14.7 Å². The molecule has 9 heteroatoms. The first-order valence-electron chi connectivity index (χ1n) is 13.4. The highest BCUT2D eigenvalue weighted by Crippen LogP contribution is 2.43. The zero-order chi connectivity index (χ0) is 31.0. The van der Waals surface area contributed by atoms with Crippen LogP contribution in [-0.2, 0) is 6.54 Å². The lowest BCUT2D eigenvalue weighted by atomic mass is 9.96. The van der Waals surface area contributed by atoms with Crippen molar-refractivity contribution in [2.75, 3.05) is 0 Å². The number of nitrogens with zero attached hydrogens (tertiary/aromatic N) is 2. The van der Waals surface area contributed by atoms with Crippen LogP contribution in [0.25, 0.3) is 27.5 Å². The summed E-state index contributed by atoms with van der Waals surface area (Å²) >= 11 is 24.4. The summed E-state index contributed by atoms with van der Waals surface area (Å²) in [6.45, 7) is 6.56. The molecule has 0 aliphatic carbocycles. The van der Waals surface area contributed by atoms with E-state index in [4.69, 9.17) is 46.4 Å². The average molecular weight is 652 g/mol. The van der Waals surface area contributed by atoms with Gasteiger partial charge in [-0.2, -0.15) is 0 Å². The number of benzene rings is 3. The highest BCUT2D eigenvalue weighted by Gasteiger charge is 2.31. The van der Waals surface area contributed by atoms with Crippen molar-refractivity contribution in [3.8, 4) is 11.1 Å². The average Bonchev–Trinajstić information content (AvgIpc) is 3.50. The topological polar surface area (TPSA) is 63.7 Å². The second-order valence-corrected chi connectivity index (χ2v) is 11.4. The lowest BCUT2D eigenvalue weighted by Gasteiger charge is -2.13. The zero-order valence-corrected chi connectivity index (χ0v) is 26.5. The summed E-state index contributed by atoms with van der Waals surface area (Å²) in [6.07, 6.45) is 2.11. The van der Waals surface area contributed by atoms with Gasteiger partial charge < -0.3 is 14.1 Å². The van der Waals surface area contributed by atoms with E-state index in [1.165, 1.54) is 22.3 Å². The van der Waals surface area contributed by atoms with Crippen LogP contribution in [0.4, 0.5) is 0 Å². The molecule has 0 fully saturated rings. The van der Waals surface area contributed by atoms with Gasteiger partial charge in [-0.05, 0) is 50.6 Å². The molecule has 0 saturated carbocycles. The molecule has 0 unspecified atom stereocenters. The Morgan fingerprint density at radius 3 is 1.95 bits per heavy atom. The SMILES string of the molecule is CCn1c(C)c(C(=O)c2c(Cl)c(Cl)c(Cl)c(Cl)c2C(=O)O)c2ccccc21.Cc1c(-c2ccccc2)cc2ccccn12. The minimum Gasteiger partial charge on any atom is -0.478 e. The first kappa shape index (κ1) is 30.7. The maximum absolute atomic E-state index is 13.5. The van der Waals surface area contributed by atoms with Gasteiger partial charge in [-0.15, -0.1) is 0 Å². The number of fused-ring (bicyclic) bond motifs is 2. The van der Waals surface area contributed by atoms with Crippen molar-refractivity contribution in [2.24, 2.45) is 0 Å². The summed E-state index contributed by atoms with van der Waals surface area (Å²) < 4.78 is 4.19. The minimum absolute atomic E-state index is 0.159. The van der Waals surface area contributed by atoms with Crippen molar-refractivity contribution in [1.29, 1.82) is 0 Å². The molecule has 0 aliphatic heterocycles. The number of aromatic carboxylic acids is 1. The number of para-hydroxylation sites is 1. The standard InChI is InChI=1S/C19H13Cl4NO3.C15H13N/c1-3-24-8(2)11(9-6-4-5-7-10(9)24)18(25)12-13(19(26)27)15(21)17(23)16(22)14(12)20;1-12-15(13-7-3-2-4-8-13)11-14-9-5-6-10-16(12)14/h4-7H,3H2,1-2H3,(H,26,27);2-11H,1H3. The van der Waals surface area contributed by atoms with Crippen molar-refractivity contribution in [1.82, 2.24) is 8.97 Å². The summed E-state index contributed by atoms with van der Waals surface area (Å²) in [5.41, 5.74) is 6.31. The van der Waals surface area contributed by atoms with E-state index in [1.807, 2.05) is 23.6 Å². The van der Waals surface area contributed by atoms with Crippen molar-refractivity contribution < 1.29 is 14.7 Å². The number of carbonyl (C=O) groups excluding carboxylic acids is 1. The van der Waals surface area contributed by atoms with Gasteiger partial charge in [-0.3, -0.25) is 4.79 Å². The van der Waals surface area contributed by atoms with E-state index in [0.29, 0.717) is 23.2 Å². The number of aryl methyl sites for hydroxylation is 2. The molecule has 218 valence electrons. The van der Waals surface area contributed by atoms with Gasteiger partial charge in [0.25, 0.3) is 0 Å². The monoisotopic (exact) mass is 650 g/mol. The number of halogens is 4. The van der Waals surface area contributed by atoms with Crippen LogP contribution in [0.5, 0.6) is 0 Å². The normalized spacial score (nSPS) is 11.0. The van der Waals surface area contributed by atoms with E-state index >= 15 is 0 Å². The van der Waals surface area contributed by atoms with Crippen LogP contribution in [0, 0.1) is 13.8 Å². The maximum atomic E-state index is 13.5. The third-order valence-corrected chi connectivity index (χ3v) is 9.30. The van der Waals surface area contributed by atoms with Gasteiger partial charge in [0.05, 0.1) is 36.8 Å². The highest BCUT2D eigenvalue weighted by atomic mass is 35.5. The van der Waals surface area contributed by atoms with Gasteiger partial charge in [-0.25, -0.2) is 4.79 Å². The number of carbonyl (C=O) groups is 2. The molecule has 1 N–H and O–H groups in total. The van der Waals surface area contributed by atoms with E-state index in [0.717, 1.165) is 5.52 Å². The Morgan fingerprint density at radius 1 is 0.721 bits per heavy atom. The first-order chi connectivity index (χ1) is 20.6. The fraction of sp³-hybridized carbons (Fsp3) is 0.118. The molecule has 5 nitrogen and oxygen atoms in total. The molecule has 0 saturated heterocycles. The van der Waals surface area contributed by atoms with Crippen LogP contribution >= 0.6 is 46.4 Å². The van der Waals surface area contributed by atoms with Crippen molar-refractivity contribution in [3.05, 3.63) is 133 Å². The Kier molecular flexibility index (Phi) is 8.91. The predicted molar refractivity (Wildman–Crippen MR) is 177 cm³/mol. The van der Waals surface area contributed by atoms with Crippen LogP contribution in [0.1, 0.15) is 44.6 Å². The van der Waals surface area contributed by atoms with Gasteiger partial charge >= 0.3 is 5.97 Å². The molecule has 3 aromatic carbocycles. The Morgan fingerprint density at radius 2 is 1.33 bits per heavy atom. The quantitative estimate of drug-likeness (QED) is 0.115. The predicted octanol–water partition coefficient (Wildman–Crippen LogP) is 10.4. The number of ketones is 1. The molecule has 0 atom stereocenters. The molecular formula is C34H26Cl4N2O3. The van der Waals surface area contributed by atoms with Crippen LogP contribution in [0.15, 0.2) is 85.1 Å². The molecule has 6 rings (SSSR count). The van der Waals surface area contributed by atoms with E-state index in [2.05, 4.69) is 72.1 Å². The number of aromatic nitrogens is 2. The van der Waals surface area contributed by atoms with Gasteiger partial charge in [0.2, 0.25) is 0 Å². The van der Waals surface area contributed by atoms with E-state index in [1.54, 1.807) is 19.1 Å². The largest absolute Gasteiger partial charge is 0.478 e. The Bertz CT molecular complexity index is 2030. The first-order valence-corrected chi connectivity index (χ1v) is 14.9. The van der Waals surface area contributed by atoms with Crippen molar-refractivity contribution in [3.63, 3.8) is 0 Å². The molecule has 6 aromatic rings. The summed E-state index contributed by atoms with van der Waals surface area (Å²) in [7, 11) is 0. The van der Waals surface area contributed by atoms with Crippen LogP contribution in [-0.4, -0.2) is 25.8 Å². The third kappa shape index (κ3) is 5.43. The minimum atomic E-state index is -1.42. The summed E-state index contributed by atoms with van der Waals surface area (Å²) in [5, 5.41) is 9.39. The van der Waals surface area contributed by atoms with Crippen LogP contribution in [0.2, 0.25) is 20.1 Å².